The van der Waals surface area contributed by atoms with Crippen LogP contribution in [0.25, 0.3) is 0 Å². The molecule has 8 heteroatoms. The average molecular weight is 334 g/mol. The number of amides is 1. The predicted molar refractivity (Wildman–Crippen MR) is 83.2 cm³/mol. The molecule has 118 valence electrons. The van der Waals surface area contributed by atoms with E-state index >= 15 is 0 Å². The fourth-order valence-electron chi connectivity index (χ4n) is 1.62. The van der Waals surface area contributed by atoms with E-state index in [-0.39, 0.29) is 19.0 Å². The van der Waals surface area contributed by atoms with Crippen molar-refractivity contribution in [2.45, 2.75) is 13.5 Å². The number of carbonyl (C=O) groups is 1. The van der Waals surface area contributed by atoms with Crippen molar-refractivity contribution in [1.82, 2.24) is 13.9 Å². The third-order valence-corrected chi connectivity index (χ3v) is 4.81. The van der Waals surface area contributed by atoms with Crippen molar-refractivity contribution in [3.05, 3.63) is 34.9 Å². The van der Waals surface area contributed by atoms with Gasteiger partial charge in [-0.25, -0.2) is 4.72 Å². The van der Waals surface area contributed by atoms with Crippen molar-refractivity contribution in [2.24, 2.45) is 0 Å². The van der Waals surface area contributed by atoms with Gasteiger partial charge in [0.25, 0.3) is 10.2 Å². The second-order valence-corrected chi connectivity index (χ2v) is 7.09. The zero-order valence-electron chi connectivity index (χ0n) is 12.3. The van der Waals surface area contributed by atoms with Gasteiger partial charge in [0, 0.05) is 45.7 Å². The first kappa shape index (κ1) is 17.9. The van der Waals surface area contributed by atoms with Crippen LogP contribution in [0.3, 0.4) is 0 Å². The molecule has 0 aliphatic carbocycles. The summed E-state index contributed by atoms with van der Waals surface area (Å²) in [5, 5.41) is 0.581. The van der Waals surface area contributed by atoms with E-state index in [0.29, 0.717) is 11.6 Å². The second-order valence-electron chi connectivity index (χ2n) is 4.71. The summed E-state index contributed by atoms with van der Waals surface area (Å²) in [6.45, 7) is 2.20. The summed E-state index contributed by atoms with van der Waals surface area (Å²) in [4.78, 5) is 13.2. The molecule has 0 spiro atoms. The van der Waals surface area contributed by atoms with Gasteiger partial charge < -0.3 is 4.90 Å². The van der Waals surface area contributed by atoms with Crippen LogP contribution in [-0.2, 0) is 21.5 Å². The van der Waals surface area contributed by atoms with Crippen molar-refractivity contribution >= 4 is 27.7 Å². The Morgan fingerprint density at radius 3 is 2.43 bits per heavy atom. The van der Waals surface area contributed by atoms with Crippen LogP contribution in [0, 0.1) is 0 Å². The minimum Gasteiger partial charge on any atom is -0.337 e. The molecule has 1 rings (SSSR count). The summed E-state index contributed by atoms with van der Waals surface area (Å²) in [5.41, 5.74) is 0.824. The van der Waals surface area contributed by atoms with E-state index in [1.165, 1.54) is 21.0 Å². The van der Waals surface area contributed by atoms with Crippen molar-refractivity contribution in [2.75, 3.05) is 27.2 Å². The third-order valence-electron chi connectivity index (χ3n) is 2.91. The number of nitrogens with zero attached hydrogens (tertiary/aromatic N) is 2. The molecule has 0 aliphatic rings. The van der Waals surface area contributed by atoms with E-state index in [4.69, 9.17) is 11.6 Å². The molecule has 0 aromatic heterocycles. The molecule has 0 radical (unpaired) electrons. The fourth-order valence-corrected chi connectivity index (χ4v) is 2.42. The molecular weight excluding hydrogens is 314 g/mol. The zero-order chi connectivity index (χ0) is 16.0. The van der Waals surface area contributed by atoms with E-state index in [1.54, 1.807) is 11.0 Å². The molecule has 1 N–H and O–H groups in total. The van der Waals surface area contributed by atoms with Crippen LogP contribution in [0.4, 0.5) is 0 Å². The minimum absolute atomic E-state index is 0.140. The predicted octanol–water partition coefficient (Wildman–Crippen LogP) is 1.08. The summed E-state index contributed by atoms with van der Waals surface area (Å²) in [6.07, 6.45) is 0. The maximum atomic E-state index is 11.6. The fraction of sp³-hybridized carbons (Fsp3) is 0.462. The largest absolute Gasteiger partial charge is 0.337 e. The molecule has 0 heterocycles. The second kappa shape index (κ2) is 7.74. The Kier molecular flexibility index (Phi) is 6.60. The normalized spacial score (nSPS) is 11.7. The van der Waals surface area contributed by atoms with Crippen molar-refractivity contribution in [3.63, 3.8) is 0 Å². The lowest BCUT2D eigenvalue weighted by atomic mass is 10.2. The lowest BCUT2D eigenvalue weighted by molar-refractivity contribution is -0.129. The highest BCUT2D eigenvalue weighted by atomic mass is 35.5. The number of halogens is 1. The Labute approximate surface area is 130 Å². The number of hydrogen-bond acceptors (Lipinski definition) is 3. The smallest absolute Gasteiger partial charge is 0.278 e. The summed E-state index contributed by atoms with van der Waals surface area (Å²) in [6, 6.07) is 7.25. The van der Waals surface area contributed by atoms with Gasteiger partial charge in [0.05, 0.1) is 0 Å². The highest BCUT2D eigenvalue weighted by Crippen LogP contribution is 2.16. The van der Waals surface area contributed by atoms with Crippen molar-refractivity contribution < 1.29 is 13.2 Å². The number of rotatable bonds is 7. The lowest BCUT2D eigenvalue weighted by Gasteiger charge is -2.22. The van der Waals surface area contributed by atoms with E-state index in [0.717, 1.165) is 9.87 Å². The molecule has 1 aromatic rings. The Bertz CT molecular complexity index is 590. The van der Waals surface area contributed by atoms with Gasteiger partial charge in [0.15, 0.2) is 0 Å². The molecular formula is C13H20ClN3O3S. The number of carbonyl (C=O) groups excluding carboxylic acids is 1. The lowest BCUT2D eigenvalue weighted by Crippen LogP contribution is -2.41. The summed E-state index contributed by atoms with van der Waals surface area (Å²) < 4.78 is 26.7. The van der Waals surface area contributed by atoms with Gasteiger partial charge in [-0.05, 0) is 11.6 Å². The summed E-state index contributed by atoms with van der Waals surface area (Å²) in [7, 11) is -0.603. The van der Waals surface area contributed by atoms with Crippen LogP contribution >= 0.6 is 11.6 Å². The van der Waals surface area contributed by atoms with Gasteiger partial charge >= 0.3 is 0 Å². The monoisotopic (exact) mass is 333 g/mol. The first-order valence-corrected chi connectivity index (χ1v) is 8.22. The maximum Gasteiger partial charge on any atom is 0.278 e. The van der Waals surface area contributed by atoms with Gasteiger partial charge in [-0.15, -0.1) is 0 Å². The summed E-state index contributed by atoms with van der Waals surface area (Å²) >= 11 is 6.07. The van der Waals surface area contributed by atoms with Crippen LogP contribution < -0.4 is 4.72 Å². The van der Waals surface area contributed by atoms with E-state index in [2.05, 4.69) is 4.72 Å². The van der Waals surface area contributed by atoms with Gasteiger partial charge in [-0.3, -0.25) is 4.79 Å². The van der Waals surface area contributed by atoms with Gasteiger partial charge in [0.1, 0.15) is 0 Å². The molecule has 1 aromatic carbocycles. The standard InChI is InChI=1S/C13H20ClN3O3S/c1-11(18)17(9-8-15-21(19,20)16(2)3)10-12-6-4-5-7-13(12)14/h4-7,15H,8-10H2,1-3H3. The van der Waals surface area contributed by atoms with Crippen molar-refractivity contribution in [3.8, 4) is 0 Å². The zero-order valence-corrected chi connectivity index (χ0v) is 13.9. The van der Waals surface area contributed by atoms with Crippen LogP contribution in [0.15, 0.2) is 24.3 Å². The SMILES string of the molecule is CC(=O)N(CCNS(=O)(=O)N(C)C)Cc1ccccc1Cl. The minimum atomic E-state index is -3.48. The molecule has 0 saturated carbocycles. The highest BCUT2D eigenvalue weighted by molar-refractivity contribution is 7.87. The third kappa shape index (κ3) is 5.62. The molecule has 0 saturated heterocycles. The first-order chi connectivity index (χ1) is 9.74. The molecule has 0 aliphatic heterocycles. The van der Waals surface area contributed by atoms with E-state index in [1.807, 2.05) is 18.2 Å². The van der Waals surface area contributed by atoms with Crippen LogP contribution in [0.5, 0.6) is 0 Å². The van der Waals surface area contributed by atoms with Crippen LogP contribution in [0.1, 0.15) is 12.5 Å². The quantitative estimate of drug-likeness (QED) is 0.812. The Hall–Kier alpha value is -1.15. The molecule has 0 atom stereocenters. The Balaban J connectivity index is 2.64. The molecule has 1 amide bonds. The van der Waals surface area contributed by atoms with E-state index < -0.39 is 10.2 Å². The summed E-state index contributed by atoms with van der Waals surface area (Å²) in [5.74, 6) is -0.140. The van der Waals surface area contributed by atoms with E-state index in [9.17, 15) is 13.2 Å². The Morgan fingerprint density at radius 2 is 1.90 bits per heavy atom. The highest BCUT2D eigenvalue weighted by Gasteiger charge is 2.15. The van der Waals surface area contributed by atoms with Crippen LogP contribution in [-0.4, -0.2) is 50.7 Å². The number of nitrogens with one attached hydrogen (secondary N) is 1. The van der Waals surface area contributed by atoms with Gasteiger partial charge in [-0.1, -0.05) is 29.8 Å². The average Bonchev–Trinajstić information content (AvgIpc) is 2.39. The van der Waals surface area contributed by atoms with Gasteiger partial charge in [-0.2, -0.15) is 12.7 Å². The first-order valence-electron chi connectivity index (χ1n) is 6.40. The molecule has 0 unspecified atom stereocenters. The maximum absolute atomic E-state index is 11.6. The van der Waals surface area contributed by atoms with Gasteiger partial charge in [0.2, 0.25) is 5.91 Å². The Morgan fingerprint density at radius 1 is 1.29 bits per heavy atom. The number of benzene rings is 1. The molecule has 0 bridgehead atoms. The topological polar surface area (TPSA) is 69.7 Å². The molecule has 0 fully saturated rings. The molecule has 21 heavy (non-hydrogen) atoms. The molecule has 6 nitrogen and oxygen atoms in total. The number of hydrogen-bond donors (Lipinski definition) is 1. The van der Waals surface area contributed by atoms with Crippen molar-refractivity contribution in [1.29, 1.82) is 0 Å². The van der Waals surface area contributed by atoms with Crippen LogP contribution in [0.2, 0.25) is 5.02 Å².